The Morgan fingerprint density at radius 1 is 1.38 bits per heavy atom. The second kappa shape index (κ2) is 7.11. The number of nitrogen functional groups attached to an aromatic ring is 1. The van der Waals surface area contributed by atoms with Crippen LogP contribution in [0.25, 0.3) is 0 Å². The van der Waals surface area contributed by atoms with E-state index in [4.69, 9.17) is 5.73 Å². The quantitative estimate of drug-likeness (QED) is 0.735. The molecule has 2 unspecified atom stereocenters. The predicted molar refractivity (Wildman–Crippen MR) is 82.7 cm³/mol. The first-order valence-corrected chi connectivity index (χ1v) is 7.49. The van der Waals surface area contributed by atoms with Crippen molar-refractivity contribution >= 4 is 17.5 Å². The number of hydrogen-bond acceptors (Lipinski definition) is 3. The molecule has 1 aliphatic rings. The van der Waals surface area contributed by atoms with Gasteiger partial charge in [-0.1, -0.05) is 19.1 Å². The molecular formula is C16H23N3O2. The van der Waals surface area contributed by atoms with Gasteiger partial charge in [0.05, 0.1) is 0 Å². The Kier molecular flexibility index (Phi) is 5.20. The van der Waals surface area contributed by atoms with Crippen LogP contribution in [0.3, 0.4) is 0 Å². The lowest BCUT2D eigenvalue weighted by molar-refractivity contribution is -0.129. The summed E-state index contributed by atoms with van der Waals surface area (Å²) in [7, 11) is 0. The molecule has 4 N–H and O–H groups in total. The molecule has 0 saturated carbocycles. The summed E-state index contributed by atoms with van der Waals surface area (Å²) in [6, 6.07) is 7.15. The van der Waals surface area contributed by atoms with Crippen LogP contribution in [-0.4, -0.2) is 24.4 Å². The van der Waals surface area contributed by atoms with E-state index in [0.29, 0.717) is 25.1 Å². The lowest BCUT2D eigenvalue weighted by Gasteiger charge is -2.17. The molecule has 2 rings (SSSR count). The van der Waals surface area contributed by atoms with Crippen LogP contribution in [0.1, 0.15) is 44.1 Å². The molecule has 114 valence electrons. The van der Waals surface area contributed by atoms with Crippen molar-refractivity contribution in [3.63, 3.8) is 0 Å². The van der Waals surface area contributed by atoms with Gasteiger partial charge in [-0.3, -0.25) is 9.59 Å². The van der Waals surface area contributed by atoms with Crippen LogP contribution in [-0.2, 0) is 9.59 Å². The topological polar surface area (TPSA) is 84.2 Å². The minimum atomic E-state index is -0.390. The molecule has 1 saturated heterocycles. The van der Waals surface area contributed by atoms with E-state index in [2.05, 4.69) is 10.6 Å². The maximum atomic E-state index is 12.1. The predicted octanol–water partition coefficient (Wildman–Crippen LogP) is 1.55. The van der Waals surface area contributed by atoms with E-state index in [1.165, 1.54) is 0 Å². The van der Waals surface area contributed by atoms with E-state index < -0.39 is 6.04 Å². The van der Waals surface area contributed by atoms with Gasteiger partial charge >= 0.3 is 0 Å². The highest BCUT2D eigenvalue weighted by Crippen LogP contribution is 2.20. The Morgan fingerprint density at radius 3 is 2.81 bits per heavy atom. The van der Waals surface area contributed by atoms with Crippen LogP contribution in [0.15, 0.2) is 24.3 Å². The largest absolute Gasteiger partial charge is 0.399 e. The van der Waals surface area contributed by atoms with Crippen molar-refractivity contribution in [3.8, 4) is 0 Å². The van der Waals surface area contributed by atoms with Crippen molar-refractivity contribution < 1.29 is 9.59 Å². The van der Waals surface area contributed by atoms with Gasteiger partial charge in [-0.25, -0.2) is 0 Å². The fourth-order valence-corrected chi connectivity index (χ4v) is 2.55. The van der Waals surface area contributed by atoms with Crippen molar-refractivity contribution in [2.75, 3.05) is 12.3 Å². The molecule has 5 nitrogen and oxygen atoms in total. The summed E-state index contributed by atoms with van der Waals surface area (Å²) in [5.74, 6) is -0.0539. The van der Waals surface area contributed by atoms with Gasteiger partial charge in [-0.2, -0.15) is 0 Å². The molecule has 5 heteroatoms. The van der Waals surface area contributed by atoms with Crippen molar-refractivity contribution in [1.29, 1.82) is 0 Å². The molecule has 2 amide bonds. The standard InChI is InChI=1S/C16H23N3O2/c1-11(12-5-7-13(17)8-6-12)10-15(20)19-14-4-2-3-9-18-16(14)21/h5-8,11,14H,2-4,9-10,17H2,1H3,(H,18,21)(H,19,20). The monoisotopic (exact) mass is 289 g/mol. The zero-order valence-corrected chi connectivity index (χ0v) is 12.4. The van der Waals surface area contributed by atoms with Gasteiger partial charge in [0.1, 0.15) is 6.04 Å². The van der Waals surface area contributed by atoms with Gasteiger partial charge in [0.25, 0.3) is 0 Å². The molecule has 1 fully saturated rings. The number of carbonyl (C=O) groups excluding carboxylic acids is 2. The fraction of sp³-hybridized carbons (Fsp3) is 0.500. The highest BCUT2D eigenvalue weighted by atomic mass is 16.2. The third-order valence-electron chi connectivity index (χ3n) is 3.87. The summed E-state index contributed by atoms with van der Waals surface area (Å²) < 4.78 is 0. The molecule has 2 atom stereocenters. The number of benzene rings is 1. The Morgan fingerprint density at radius 2 is 2.10 bits per heavy atom. The second-order valence-corrected chi connectivity index (χ2v) is 5.68. The molecule has 21 heavy (non-hydrogen) atoms. The Labute approximate surface area is 125 Å². The normalized spacial score (nSPS) is 20.2. The molecule has 1 aromatic rings. The summed E-state index contributed by atoms with van der Waals surface area (Å²) >= 11 is 0. The summed E-state index contributed by atoms with van der Waals surface area (Å²) in [6.07, 6.45) is 3.01. The van der Waals surface area contributed by atoms with Gasteiger partial charge in [-0.15, -0.1) is 0 Å². The Balaban J connectivity index is 1.88. The van der Waals surface area contributed by atoms with E-state index in [1.54, 1.807) is 0 Å². The highest BCUT2D eigenvalue weighted by Gasteiger charge is 2.23. The van der Waals surface area contributed by atoms with E-state index in [-0.39, 0.29) is 17.7 Å². The van der Waals surface area contributed by atoms with Gasteiger partial charge < -0.3 is 16.4 Å². The van der Waals surface area contributed by atoms with E-state index >= 15 is 0 Å². The third kappa shape index (κ3) is 4.48. The summed E-state index contributed by atoms with van der Waals surface area (Å²) in [4.78, 5) is 23.9. The van der Waals surface area contributed by atoms with Crippen LogP contribution in [0, 0.1) is 0 Å². The second-order valence-electron chi connectivity index (χ2n) is 5.68. The molecule has 0 aliphatic carbocycles. The third-order valence-corrected chi connectivity index (χ3v) is 3.87. The number of nitrogens with one attached hydrogen (secondary N) is 2. The van der Waals surface area contributed by atoms with Gasteiger partial charge in [0.2, 0.25) is 11.8 Å². The van der Waals surface area contributed by atoms with E-state index in [9.17, 15) is 9.59 Å². The fourth-order valence-electron chi connectivity index (χ4n) is 2.55. The summed E-state index contributed by atoms with van der Waals surface area (Å²) in [5.41, 5.74) is 7.45. The molecular weight excluding hydrogens is 266 g/mol. The van der Waals surface area contributed by atoms with E-state index in [0.717, 1.165) is 18.4 Å². The first kappa shape index (κ1) is 15.4. The number of amides is 2. The Hall–Kier alpha value is -2.04. The number of carbonyl (C=O) groups is 2. The molecule has 0 spiro atoms. The molecule has 0 aromatic heterocycles. The maximum absolute atomic E-state index is 12.1. The molecule has 1 aliphatic heterocycles. The average molecular weight is 289 g/mol. The SMILES string of the molecule is CC(CC(=O)NC1CCCCNC1=O)c1ccc(N)cc1. The van der Waals surface area contributed by atoms with Crippen LogP contribution >= 0.6 is 0 Å². The molecule has 0 bridgehead atoms. The lowest BCUT2D eigenvalue weighted by atomic mass is 9.97. The number of nitrogens with two attached hydrogens (primary N) is 1. The summed E-state index contributed by atoms with van der Waals surface area (Å²) in [6.45, 7) is 2.70. The van der Waals surface area contributed by atoms with Crippen LogP contribution in [0.2, 0.25) is 0 Å². The van der Waals surface area contributed by atoms with Gasteiger partial charge in [0.15, 0.2) is 0 Å². The maximum Gasteiger partial charge on any atom is 0.242 e. The van der Waals surface area contributed by atoms with Crippen LogP contribution in [0.5, 0.6) is 0 Å². The lowest BCUT2D eigenvalue weighted by Crippen LogP contribution is -2.45. The van der Waals surface area contributed by atoms with Crippen LogP contribution < -0.4 is 16.4 Å². The van der Waals surface area contributed by atoms with Crippen molar-refractivity contribution in [2.45, 2.75) is 44.6 Å². The van der Waals surface area contributed by atoms with Crippen molar-refractivity contribution in [1.82, 2.24) is 10.6 Å². The number of hydrogen-bond donors (Lipinski definition) is 3. The first-order valence-electron chi connectivity index (χ1n) is 7.49. The smallest absolute Gasteiger partial charge is 0.242 e. The molecule has 1 heterocycles. The molecule has 0 radical (unpaired) electrons. The van der Waals surface area contributed by atoms with Crippen LogP contribution in [0.4, 0.5) is 5.69 Å². The number of anilines is 1. The average Bonchev–Trinajstić information content (AvgIpc) is 2.65. The number of rotatable bonds is 4. The zero-order valence-electron chi connectivity index (χ0n) is 12.4. The van der Waals surface area contributed by atoms with Gasteiger partial charge in [-0.05, 0) is 42.9 Å². The minimum absolute atomic E-state index is 0.0685. The highest BCUT2D eigenvalue weighted by molar-refractivity contribution is 5.87. The van der Waals surface area contributed by atoms with Crippen molar-refractivity contribution in [2.24, 2.45) is 0 Å². The van der Waals surface area contributed by atoms with E-state index in [1.807, 2.05) is 31.2 Å². The zero-order chi connectivity index (χ0) is 15.2. The molecule has 1 aromatic carbocycles. The Bertz CT molecular complexity index is 499. The first-order chi connectivity index (χ1) is 10.1. The summed E-state index contributed by atoms with van der Waals surface area (Å²) in [5, 5.41) is 5.67. The van der Waals surface area contributed by atoms with Crippen molar-refractivity contribution in [3.05, 3.63) is 29.8 Å². The minimum Gasteiger partial charge on any atom is -0.399 e. The van der Waals surface area contributed by atoms with Gasteiger partial charge in [0, 0.05) is 18.7 Å².